The van der Waals surface area contributed by atoms with Crippen LogP contribution in [0.5, 0.6) is 0 Å². The van der Waals surface area contributed by atoms with E-state index in [1.165, 1.54) is 0 Å². The molecule has 0 aromatic heterocycles. The van der Waals surface area contributed by atoms with Gasteiger partial charge in [-0.05, 0) is 27.7 Å². The van der Waals surface area contributed by atoms with Crippen LogP contribution in [-0.2, 0) is 4.74 Å². The lowest BCUT2D eigenvalue weighted by Gasteiger charge is -2.41. The highest BCUT2D eigenvalue weighted by Gasteiger charge is 2.31. The predicted molar refractivity (Wildman–Crippen MR) is 54.7 cm³/mol. The van der Waals surface area contributed by atoms with Gasteiger partial charge in [0.1, 0.15) is 0 Å². The Morgan fingerprint density at radius 1 is 1.46 bits per heavy atom. The van der Waals surface area contributed by atoms with Gasteiger partial charge >= 0.3 is 0 Å². The Balaban J connectivity index is 2.52. The SMILES string of the molecule is CC(C)N1CCO[C@@H](C(C)(C)N)C1. The Morgan fingerprint density at radius 2 is 2.08 bits per heavy atom. The average molecular weight is 186 g/mol. The van der Waals surface area contributed by atoms with Crippen LogP contribution in [0, 0.1) is 0 Å². The summed E-state index contributed by atoms with van der Waals surface area (Å²) in [6.07, 6.45) is 0.170. The predicted octanol–water partition coefficient (Wildman–Crippen LogP) is 0.833. The standard InChI is InChI=1S/C10H22N2O/c1-8(2)12-5-6-13-9(7-12)10(3,4)11/h8-9H,5-7,11H2,1-4H3/t9-/m1/s1. The van der Waals surface area contributed by atoms with Crippen LogP contribution in [0.3, 0.4) is 0 Å². The quantitative estimate of drug-likeness (QED) is 0.694. The Bertz CT molecular complexity index is 163. The summed E-state index contributed by atoms with van der Waals surface area (Å²) in [6, 6.07) is 0.591. The van der Waals surface area contributed by atoms with Crippen molar-refractivity contribution in [2.75, 3.05) is 19.7 Å². The molecule has 0 aromatic carbocycles. The van der Waals surface area contributed by atoms with Gasteiger partial charge in [-0.3, -0.25) is 4.90 Å². The van der Waals surface area contributed by atoms with Gasteiger partial charge in [0.2, 0.25) is 0 Å². The molecule has 0 radical (unpaired) electrons. The summed E-state index contributed by atoms with van der Waals surface area (Å²) in [5.41, 5.74) is 5.79. The molecule has 1 saturated heterocycles. The molecule has 0 unspecified atom stereocenters. The van der Waals surface area contributed by atoms with Crippen LogP contribution in [0.1, 0.15) is 27.7 Å². The van der Waals surface area contributed by atoms with Gasteiger partial charge in [0, 0.05) is 24.7 Å². The van der Waals surface area contributed by atoms with Crippen LogP contribution < -0.4 is 5.73 Å². The molecule has 1 fully saturated rings. The third-order valence-corrected chi connectivity index (χ3v) is 2.66. The fourth-order valence-corrected chi connectivity index (χ4v) is 1.59. The molecule has 2 N–H and O–H groups in total. The van der Waals surface area contributed by atoms with Gasteiger partial charge < -0.3 is 10.5 Å². The molecule has 0 amide bonds. The van der Waals surface area contributed by atoms with Gasteiger partial charge in [-0.25, -0.2) is 0 Å². The Morgan fingerprint density at radius 3 is 2.54 bits per heavy atom. The zero-order valence-corrected chi connectivity index (χ0v) is 9.21. The van der Waals surface area contributed by atoms with Crippen molar-refractivity contribution >= 4 is 0 Å². The molecule has 3 heteroatoms. The molecule has 0 aromatic rings. The Hall–Kier alpha value is -0.120. The van der Waals surface area contributed by atoms with Crippen molar-refractivity contribution in [1.29, 1.82) is 0 Å². The third kappa shape index (κ3) is 2.93. The lowest BCUT2D eigenvalue weighted by Crippen LogP contribution is -2.57. The largest absolute Gasteiger partial charge is 0.374 e. The summed E-state index contributed by atoms with van der Waals surface area (Å²) >= 11 is 0. The zero-order valence-electron chi connectivity index (χ0n) is 9.21. The molecule has 3 nitrogen and oxygen atoms in total. The third-order valence-electron chi connectivity index (χ3n) is 2.66. The zero-order chi connectivity index (χ0) is 10.1. The van der Waals surface area contributed by atoms with E-state index >= 15 is 0 Å². The molecule has 13 heavy (non-hydrogen) atoms. The Labute approximate surface area is 81.2 Å². The molecule has 1 aliphatic heterocycles. The van der Waals surface area contributed by atoms with E-state index in [0.29, 0.717) is 6.04 Å². The van der Waals surface area contributed by atoms with Crippen LogP contribution in [0.25, 0.3) is 0 Å². The van der Waals surface area contributed by atoms with Crippen LogP contribution in [0.15, 0.2) is 0 Å². The number of hydrogen-bond acceptors (Lipinski definition) is 3. The smallest absolute Gasteiger partial charge is 0.0876 e. The minimum absolute atomic E-state index is 0.170. The minimum atomic E-state index is -0.229. The van der Waals surface area contributed by atoms with Gasteiger partial charge in [0.25, 0.3) is 0 Å². The summed E-state index contributed by atoms with van der Waals surface area (Å²) in [4.78, 5) is 2.42. The second kappa shape index (κ2) is 3.95. The van der Waals surface area contributed by atoms with E-state index < -0.39 is 0 Å². The number of rotatable bonds is 2. The molecule has 78 valence electrons. The van der Waals surface area contributed by atoms with E-state index in [2.05, 4.69) is 18.7 Å². The summed E-state index contributed by atoms with van der Waals surface area (Å²) < 4.78 is 5.66. The van der Waals surface area contributed by atoms with Crippen molar-refractivity contribution in [3.05, 3.63) is 0 Å². The summed E-state index contributed by atoms with van der Waals surface area (Å²) in [7, 11) is 0. The van der Waals surface area contributed by atoms with E-state index in [-0.39, 0.29) is 11.6 Å². The monoisotopic (exact) mass is 186 g/mol. The van der Waals surface area contributed by atoms with Crippen molar-refractivity contribution < 1.29 is 4.74 Å². The van der Waals surface area contributed by atoms with Crippen molar-refractivity contribution in [1.82, 2.24) is 4.90 Å². The molecule has 1 atom stereocenters. The highest BCUT2D eigenvalue weighted by atomic mass is 16.5. The minimum Gasteiger partial charge on any atom is -0.374 e. The lowest BCUT2D eigenvalue weighted by atomic mass is 9.97. The van der Waals surface area contributed by atoms with E-state index in [4.69, 9.17) is 10.5 Å². The molecule has 1 aliphatic rings. The Kier molecular flexibility index (Phi) is 3.33. The first kappa shape index (κ1) is 11.0. The summed E-state index contributed by atoms with van der Waals surface area (Å²) in [5.74, 6) is 0. The topological polar surface area (TPSA) is 38.5 Å². The van der Waals surface area contributed by atoms with Crippen molar-refractivity contribution in [3.8, 4) is 0 Å². The van der Waals surface area contributed by atoms with Crippen LogP contribution in [-0.4, -0.2) is 42.3 Å². The first-order valence-corrected chi connectivity index (χ1v) is 5.06. The molecule has 1 heterocycles. The van der Waals surface area contributed by atoms with E-state index in [0.717, 1.165) is 19.7 Å². The molecular formula is C10H22N2O. The van der Waals surface area contributed by atoms with Gasteiger partial charge in [0.15, 0.2) is 0 Å². The fraction of sp³-hybridized carbons (Fsp3) is 1.00. The molecule has 0 spiro atoms. The number of ether oxygens (including phenoxy) is 1. The van der Waals surface area contributed by atoms with E-state index in [9.17, 15) is 0 Å². The van der Waals surface area contributed by atoms with Crippen LogP contribution in [0.4, 0.5) is 0 Å². The van der Waals surface area contributed by atoms with Crippen molar-refractivity contribution in [2.24, 2.45) is 5.73 Å². The molecule has 0 bridgehead atoms. The maximum Gasteiger partial charge on any atom is 0.0876 e. The number of hydrogen-bond donors (Lipinski definition) is 1. The molecule has 0 aliphatic carbocycles. The van der Waals surface area contributed by atoms with Gasteiger partial charge in [-0.15, -0.1) is 0 Å². The maximum atomic E-state index is 6.02. The number of nitrogens with two attached hydrogens (primary N) is 1. The molecule has 1 rings (SSSR count). The second-order valence-corrected chi connectivity index (χ2v) is 4.77. The summed E-state index contributed by atoms with van der Waals surface area (Å²) in [6.45, 7) is 11.3. The van der Waals surface area contributed by atoms with Crippen molar-refractivity contribution in [3.63, 3.8) is 0 Å². The van der Waals surface area contributed by atoms with Crippen LogP contribution in [0.2, 0.25) is 0 Å². The molecular weight excluding hydrogens is 164 g/mol. The highest BCUT2D eigenvalue weighted by Crippen LogP contribution is 2.16. The maximum absolute atomic E-state index is 6.02. The fourth-order valence-electron chi connectivity index (χ4n) is 1.59. The van der Waals surface area contributed by atoms with E-state index in [1.54, 1.807) is 0 Å². The van der Waals surface area contributed by atoms with Gasteiger partial charge in [-0.2, -0.15) is 0 Å². The van der Waals surface area contributed by atoms with E-state index in [1.807, 2.05) is 13.8 Å². The lowest BCUT2D eigenvalue weighted by molar-refractivity contribution is -0.0669. The first-order valence-electron chi connectivity index (χ1n) is 5.06. The number of morpholine rings is 1. The van der Waals surface area contributed by atoms with Crippen LogP contribution >= 0.6 is 0 Å². The average Bonchev–Trinajstić information content (AvgIpc) is 2.03. The first-order chi connectivity index (χ1) is 5.91. The molecule has 0 saturated carbocycles. The van der Waals surface area contributed by atoms with Gasteiger partial charge in [0.05, 0.1) is 12.7 Å². The number of nitrogens with zero attached hydrogens (tertiary/aromatic N) is 1. The second-order valence-electron chi connectivity index (χ2n) is 4.77. The highest BCUT2D eigenvalue weighted by molar-refractivity contribution is 4.88. The summed E-state index contributed by atoms with van der Waals surface area (Å²) in [5, 5.41) is 0. The normalized spacial score (nSPS) is 26.8. The van der Waals surface area contributed by atoms with Gasteiger partial charge in [-0.1, -0.05) is 0 Å². The van der Waals surface area contributed by atoms with Crippen molar-refractivity contribution in [2.45, 2.75) is 45.4 Å².